The second-order valence-electron chi connectivity index (χ2n) is 9.18. The van der Waals surface area contributed by atoms with Crippen molar-refractivity contribution in [3.63, 3.8) is 0 Å². The van der Waals surface area contributed by atoms with Crippen LogP contribution in [0.25, 0.3) is 0 Å². The van der Waals surface area contributed by atoms with Crippen LogP contribution < -0.4 is 15.9 Å². The van der Waals surface area contributed by atoms with E-state index in [9.17, 15) is 0 Å². The third-order valence-corrected chi connectivity index (χ3v) is 10.5. The fourth-order valence-corrected chi connectivity index (χ4v) is 8.48. The Balaban J connectivity index is 1.94. The topological polar surface area (TPSA) is 0 Å². The van der Waals surface area contributed by atoms with Gasteiger partial charge in [0, 0.05) is 0 Å². The van der Waals surface area contributed by atoms with Gasteiger partial charge in [-0.05, 0) is 0 Å². The molecule has 0 saturated carbocycles. The Morgan fingerprint density at radius 1 is 0.647 bits per heavy atom. The van der Waals surface area contributed by atoms with Gasteiger partial charge in [0.05, 0.1) is 0 Å². The molecular weight excluding hydrogens is 427 g/mol. The van der Waals surface area contributed by atoms with E-state index in [0.717, 1.165) is 12.8 Å². The normalized spacial score (nSPS) is 13.2. The molecule has 34 heavy (non-hydrogen) atoms. The molecule has 0 aliphatic heterocycles. The molecule has 0 spiro atoms. The average molecular weight is 466 g/mol. The van der Waals surface area contributed by atoms with Crippen molar-refractivity contribution in [1.29, 1.82) is 0 Å². The summed E-state index contributed by atoms with van der Waals surface area (Å²) in [6, 6.07) is 33.0. The third-order valence-electron chi connectivity index (χ3n) is 6.11. The van der Waals surface area contributed by atoms with Crippen LogP contribution in [0.3, 0.4) is 0 Å². The first-order valence-corrected chi connectivity index (χ1v) is 14.3. The molecule has 0 atom stereocenters. The van der Waals surface area contributed by atoms with Crippen LogP contribution >= 0.6 is 7.26 Å². The van der Waals surface area contributed by atoms with Crippen LogP contribution in [0.4, 0.5) is 0 Å². The van der Waals surface area contributed by atoms with Gasteiger partial charge in [-0.1, -0.05) is 0 Å². The summed E-state index contributed by atoms with van der Waals surface area (Å²) < 4.78 is 0. The first-order valence-electron chi connectivity index (χ1n) is 12.2. The zero-order chi connectivity index (χ0) is 24.2. The van der Waals surface area contributed by atoms with Gasteiger partial charge in [0.15, 0.2) is 0 Å². The molecule has 0 heterocycles. The van der Waals surface area contributed by atoms with Crippen LogP contribution in [0.1, 0.15) is 40.5 Å². The number of hydrogen-bond donors (Lipinski definition) is 0. The first-order chi connectivity index (χ1) is 16.5. The molecule has 0 aliphatic rings. The number of benzene rings is 3. The second-order valence-corrected chi connectivity index (χ2v) is 12.9. The fraction of sp³-hybridized carbons (Fsp3) is 0.182. The van der Waals surface area contributed by atoms with E-state index in [1.54, 1.807) is 0 Å². The first kappa shape index (κ1) is 25.7. The number of rotatable bonds is 10. The molecule has 3 rings (SSSR count). The predicted octanol–water partition coefficient (Wildman–Crippen LogP) is 8.07. The summed E-state index contributed by atoms with van der Waals surface area (Å²) in [5.74, 6) is 0. The summed E-state index contributed by atoms with van der Waals surface area (Å²) in [5, 5.41) is 4.20. The van der Waals surface area contributed by atoms with Crippen molar-refractivity contribution < 1.29 is 0 Å². The van der Waals surface area contributed by atoms with E-state index in [0.29, 0.717) is 0 Å². The van der Waals surface area contributed by atoms with Crippen molar-refractivity contribution in [2.24, 2.45) is 0 Å². The minimum atomic E-state index is -2.33. The molecule has 0 amide bonds. The molecule has 0 aliphatic carbocycles. The standard InChI is InChI=1S/C33H38P/c1-28(2)16-14-17-29(3)18-15-19-30(4)26-27-34(31-20-8-5-9-21-31,32-22-10-6-11-23-32)33-24-12-7-13-25-33/h5-13,15-16,18-27,34H,14,17H2,1-4H3. The molecule has 0 fully saturated rings. The molecular formula is C33H38P. The van der Waals surface area contributed by atoms with Gasteiger partial charge in [-0.15, -0.1) is 0 Å². The maximum atomic E-state index is 2.50. The molecule has 0 aromatic heterocycles. The van der Waals surface area contributed by atoms with E-state index in [1.165, 1.54) is 32.6 Å². The molecule has 3 aromatic carbocycles. The molecule has 3 aromatic rings. The van der Waals surface area contributed by atoms with Crippen molar-refractivity contribution >= 4 is 23.2 Å². The van der Waals surface area contributed by atoms with Gasteiger partial charge in [0.1, 0.15) is 0 Å². The molecule has 1 heteroatoms. The van der Waals surface area contributed by atoms with Crippen molar-refractivity contribution in [3.8, 4) is 0 Å². The third kappa shape index (κ3) is 7.02. The summed E-state index contributed by atoms with van der Waals surface area (Å²) in [4.78, 5) is 0. The Morgan fingerprint density at radius 3 is 1.56 bits per heavy atom. The Labute approximate surface area is 207 Å². The number of hydrogen-bond acceptors (Lipinski definition) is 0. The Morgan fingerprint density at radius 2 is 1.12 bits per heavy atom. The van der Waals surface area contributed by atoms with Gasteiger partial charge in [0.25, 0.3) is 0 Å². The van der Waals surface area contributed by atoms with Crippen LogP contribution in [-0.4, -0.2) is 0 Å². The zero-order valence-corrected chi connectivity index (χ0v) is 22.0. The van der Waals surface area contributed by atoms with Gasteiger partial charge in [-0.3, -0.25) is 0 Å². The van der Waals surface area contributed by atoms with Crippen molar-refractivity contribution in [2.75, 3.05) is 0 Å². The van der Waals surface area contributed by atoms with E-state index in [1.807, 2.05) is 0 Å². The van der Waals surface area contributed by atoms with Crippen molar-refractivity contribution in [1.82, 2.24) is 0 Å². The van der Waals surface area contributed by atoms with Gasteiger partial charge < -0.3 is 0 Å². The van der Waals surface area contributed by atoms with Crippen LogP contribution in [0.2, 0.25) is 0 Å². The van der Waals surface area contributed by atoms with Gasteiger partial charge in [-0.2, -0.15) is 0 Å². The van der Waals surface area contributed by atoms with Crippen molar-refractivity contribution in [3.05, 3.63) is 144 Å². The van der Waals surface area contributed by atoms with E-state index in [2.05, 4.69) is 155 Å². The molecule has 0 saturated heterocycles. The summed E-state index contributed by atoms with van der Waals surface area (Å²) in [7, 11) is -2.33. The number of allylic oxidation sites excluding steroid dienone is 8. The summed E-state index contributed by atoms with van der Waals surface area (Å²) in [6.45, 7) is 8.73. The van der Waals surface area contributed by atoms with Crippen LogP contribution in [0.5, 0.6) is 0 Å². The summed E-state index contributed by atoms with van der Waals surface area (Å²) in [5.41, 5.74) is 4.06. The molecule has 0 unspecified atom stereocenters. The predicted molar refractivity (Wildman–Crippen MR) is 156 cm³/mol. The monoisotopic (exact) mass is 465 g/mol. The molecule has 0 N–H and O–H groups in total. The van der Waals surface area contributed by atoms with Gasteiger partial charge in [-0.25, -0.2) is 0 Å². The van der Waals surface area contributed by atoms with Crippen LogP contribution in [-0.2, 0) is 0 Å². The Kier molecular flexibility index (Phi) is 9.87. The zero-order valence-electron chi connectivity index (χ0n) is 21.0. The minimum absolute atomic E-state index is 1.11. The van der Waals surface area contributed by atoms with Gasteiger partial charge in [0.2, 0.25) is 0 Å². The fourth-order valence-electron chi connectivity index (χ4n) is 4.24. The van der Waals surface area contributed by atoms with E-state index in [-0.39, 0.29) is 0 Å². The Hall–Kier alpha value is -2.95. The summed E-state index contributed by atoms with van der Waals surface area (Å²) in [6.07, 6.45) is 16.0. The average Bonchev–Trinajstić information content (AvgIpc) is 2.86. The molecule has 1 radical (unpaired) electrons. The van der Waals surface area contributed by atoms with E-state index in [4.69, 9.17) is 0 Å². The maximum absolute atomic E-state index is 2.50. The van der Waals surface area contributed by atoms with Crippen LogP contribution in [0, 0.1) is 6.16 Å². The Bertz CT molecular complexity index is 1030. The van der Waals surface area contributed by atoms with E-state index >= 15 is 0 Å². The second kappa shape index (κ2) is 13.1. The quantitative estimate of drug-likeness (QED) is 0.161. The van der Waals surface area contributed by atoms with Crippen molar-refractivity contribution in [2.45, 2.75) is 40.5 Å². The SMILES string of the molecule is CC(C)=CCCC(C)=CC=CC(C)=C[CH][PH](c1ccccc1)(c1ccccc1)c1ccccc1. The van der Waals surface area contributed by atoms with Crippen LogP contribution in [0.15, 0.2) is 138 Å². The molecule has 175 valence electrons. The van der Waals surface area contributed by atoms with Gasteiger partial charge >= 0.3 is 208 Å². The molecule has 0 bridgehead atoms. The van der Waals surface area contributed by atoms with E-state index < -0.39 is 7.26 Å². The summed E-state index contributed by atoms with van der Waals surface area (Å²) >= 11 is 0. The molecule has 0 nitrogen and oxygen atoms in total.